The normalized spacial score (nSPS) is 14.7. The number of benzene rings is 3. The molecule has 0 saturated carbocycles. The van der Waals surface area contributed by atoms with E-state index in [-0.39, 0.29) is 32.1 Å². The molecule has 1 atom stereocenters. The van der Waals surface area contributed by atoms with Crippen molar-refractivity contribution in [2.75, 3.05) is 33.2 Å². The van der Waals surface area contributed by atoms with Crippen LogP contribution in [0.4, 0.5) is 18.0 Å². The van der Waals surface area contributed by atoms with Crippen LogP contribution < -0.4 is 0 Å². The van der Waals surface area contributed by atoms with E-state index >= 15 is 0 Å². The maximum absolute atomic E-state index is 13.9. The third-order valence-electron chi connectivity index (χ3n) is 6.98. The third-order valence-corrected chi connectivity index (χ3v) is 6.98. The molecule has 222 valence electrons. The molecular formula is C32H34F3N3O4. The molecule has 1 aliphatic rings. The van der Waals surface area contributed by atoms with Crippen molar-refractivity contribution in [3.63, 3.8) is 0 Å². The van der Waals surface area contributed by atoms with Gasteiger partial charge in [-0.15, -0.1) is 0 Å². The number of likely N-dealkylation sites (N-methyl/N-ethyl adjacent to an activating group) is 1. The Labute approximate surface area is 243 Å². The van der Waals surface area contributed by atoms with Crippen LogP contribution in [-0.2, 0) is 15.7 Å². The quantitative estimate of drug-likeness (QED) is 0.357. The summed E-state index contributed by atoms with van der Waals surface area (Å²) in [6.07, 6.45) is -5.34. The standard InChI is InChI=1S/C32H34F3N3O4/c1-31(2,3)42-30(41)36(4)27(24-16-14-23(15-17-24)22-10-6-5-7-11-22)29(40)38-20-18-37(19-21-38)28(39)25-12-8-9-13-26(25)32(33,34)35/h5-17,27H,18-21H2,1-4H3. The van der Waals surface area contributed by atoms with Crippen molar-refractivity contribution < 1.29 is 32.3 Å². The third kappa shape index (κ3) is 7.10. The zero-order chi connectivity index (χ0) is 30.7. The van der Waals surface area contributed by atoms with Gasteiger partial charge in [-0.1, -0.05) is 66.7 Å². The number of piperazine rings is 1. The highest BCUT2D eigenvalue weighted by Gasteiger charge is 2.38. The van der Waals surface area contributed by atoms with Gasteiger partial charge < -0.3 is 14.5 Å². The Morgan fingerprint density at radius 3 is 1.86 bits per heavy atom. The van der Waals surface area contributed by atoms with Gasteiger partial charge in [-0.05, 0) is 49.6 Å². The summed E-state index contributed by atoms with van der Waals surface area (Å²) in [4.78, 5) is 44.1. The monoisotopic (exact) mass is 581 g/mol. The molecule has 3 aromatic carbocycles. The van der Waals surface area contributed by atoms with Crippen LogP contribution >= 0.6 is 0 Å². The highest BCUT2D eigenvalue weighted by atomic mass is 19.4. The SMILES string of the molecule is CN(C(=O)OC(C)(C)C)C(C(=O)N1CCN(C(=O)c2ccccc2C(F)(F)F)CC1)c1ccc(-c2ccccc2)cc1. The van der Waals surface area contributed by atoms with Gasteiger partial charge in [0.1, 0.15) is 11.6 Å². The molecule has 7 nitrogen and oxygen atoms in total. The van der Waals surface area contributed by atoms with Crippen molar-refractivity contribution in [3.05, 3.63) is 95.6 Å². The fourth-order valence-electron chi connectivity index (χ4n) is 4.85. The molecule has 1 saturated heterocycles. The summed E-state index contributed by atoms with van der Waals surface area (Å²) >= 11 is 0. The van der Waals surface area contributed by atoms with Gasteiger partial charge in [-0.3, -0.25) is 14.5 Å². The number of hydrogen-bond acceptors (Lipinski definition) is 4. The zero-order valence-electron chi connectivity index (χ0n) is 24.0. The Balaban J connectivity index is 1.55. The second-order valence-corrected chi connectivity index (χ2v) is 11.1. The maximum atomic E-state index is 13.9. The van der Waals surface area contributed by atoms with Crippen LogP contribution in [0.25, 0.3) is 11.1 Å². The molecule has 3 aromatic rings. The summed E-state index contributed by atoms with van der Waals surface area (Å²) in [6.45, 7) is 5.49. The summed E-state index contributed by atoms with van der Waals surface area (Å²) in [7, 11) is 1.50. The number of amides is 3. The van der Waals surface area contributed by atoms with E-state index in [1.54, 1.807) is 32.9 Å². The molecule has 1 unspecified atom stereocenters. The zero-order valence-corrected chi connectivity index (χ0v) is 24.0. The van der Waals surface area contributed by atoms with Gasteiger partial charge in [-0.2, -0.15) is 13.2 Å². The summed E-state index contributed by atoms with van der Waals surface area (Å²) < 4.78 is 46.0. The predicted molar refractivity (Wildman–Crippen MR) is 153 cm³/mol. The number of rotatable bonds is 5. The first-order valence-corrected chi connectivity index (χ1v) is 13.6. The highest BCUT2D eigenvalue weighted by molar-refractivity contribution is 5.96. The molecule has 0 bridgehead atoms. The first-order chi connectivity index (χ1) is 19.8. The Morgan fingerprint density at radius 1 is 0.762 bits per heavy atom. The van der Waals surface area contributed by atoms with Crippen LogP contribution in [0.1, 0.15) is 48.3 Å². The lowest BCUT2D eigenvalue weighted by atomic mass is 9.99. The number of nitrogens with zero attached hydrogens (tertiary/aromatic N) is 3. The van der Waals surface area contributed by atoms with Crippen LogP contribution in [0.3, 0.4) is 0 Å². The van der Waals surface area contributed by atoms with Gasteiger partial charge in [0, 0.05) is 33.2 Å². The van der Waals surface area contributed by atoms with Crippen molar-refractivity contribution in [1.82, 2.24) is 14.7 Å². The van der Waals surface area contributed by atoms with Crippen molar-refractivity contribution in [2.24, 2.45) is 0 Å². The molecule has 1 heterocycles. The second-order valence-electron chi connectivity index (χ2n) is 11.1. The summed E-state index contributed by atoms with van der Waals surface area (Å²) in [6, 6.07) is 20.7. The Hall–Kier alpha value is -4.34. The van der Waals surface area contributed by atoms with E-state index < -0.39 is 40.9 Å². The highest BCUT2D eigenvalue weighted by Crippen LogP contribution is 2.33. The molecule has 0 aromatic heterocycles. The number of carbonyl (C=O) groups excluding carboxylic acids is 3. The summed E-state index contributed by atoms with van der Waals surface area (Å²) in [5.41, 5.74) is 0.314. The first kappa shape index (κ1) is 30.6. The van der Waals surface area contributed by atoms with Gasteiger partial charge in [-0.25, -0.2) is 4.79 Å². The van der Waals surface area contributed by atoms with E-state index in [2.05, 4.69) is 0 Å². The second kappa shape index (κ2) is 12.3. The van der Waals surface area contributed by atoms with Crippen molar-refractivity contribution >= 4 is 17.9 Å². The van der Waals surface area contributed by atoms with E-state index in [0.717, 1.165) is 23.3 Å². The lowest BCUT2D eigenvalue weighted by Gasteiger charge is -2.38. The van der Waals surface area contributed by atoms with Crippen molar-refractivity contribution in [2.45, 2.75) is 38.6 Å². The minimum atomic E-state index is -4.67. The smallest absolute Gasteiger partial charge is 0.417 e. The molecule has 3 amide bonds. The average Bonchev–Trinajstić information content (AvgIpc) is 2.96. The average molecular weight is 582 g/mol. The number of hydrogen-bond donors (Lipinski definition) is 0. The first-order valence-electron chi connectivity index (χ1n) is 13.6. The van der Waals surface area contributed by atoms with Crippen molar-refractivity contribution in [1.29, 1.82) is 0 Å². The molecule has 1 aliphatic heterocycles. The molecule has 0 radical (unpaired) electrons. The number of ether oxygens (including phenoxy) is 1. The fourth-order valence-corrected chi connectivity index (χ4v) is 4.85. The summed E-state index contributed by atoms with van der Waals surface area (Å²) in [5.74, 6) is -1.12. The Morgan fingerprint density at radius 2 is 1.29 bits per heavy atom. The lowest BCUT2D eigenvalue weighted by Crippen LogP contribution is -2.54. The molecule has 0 N–H and O–H groups in total. The number of halogens is 3. The van der Waals surface area contributed by atoms with Crippen LogP contribution in [0.5, 0.6) is 0 Å². The molecule has 4 rings (SSSR count). The van der Waals surface area contributed by atoms with E-state index in [0.29, 0.717) is 5.56 Å². The van der Waals surface area contributed by atoms with Crippen LogP contribution in [0.2, 0.25) is 0 Å². The van der Waals surface area contributed by atoms with Crippen molar-refractivity contribution in [3.8, 4) is 11.1 Å². The van der Waals surface area contributed by atoms with Gasteiger partial charge >= 0.3 is 12.3 Å². The topological polar surface area (TPSA) is 70.2 Å². The number of carbonyl (C=O) groups is 3. The molecule has 42 heavy (non-hydrogen) atoms. The van der Waals surface area contributed by atoms with Gasteiger partial charge in [0.05, 0.1) is 11.1 Å². The summed E-state index contributed by atoms with van der Waals surface area (Å²) in [5, 5.41) is 0. The van der Waals surface area contributed by atoms with E-state index in [1.807, 2.05) is 42.5 Å². The minimum Gasteiger partial charge on any atom is -0.444 e. The predicted octanol–water partition coefficient (Wildman–Crippen LogP) is 6.27. The van der Waals surface area contributed by atoms with Gasteiger partial charge in [0.15, 0.2) is 0 Å². The molecular weight excluding hydrogens is 547 g/mol. The molecule has 10 heteroatoms. The minimum absolute atomic E-state index is 0.0482. The van der Waals surface area contributed by atoms with Gasteiger partial charge in [0.2, 0.25) is 5.91 Å². The Kier molecular flexibility index (Phi) is 8.94. The van der Waals surface area contributed by atoms with E-state index in [4.69, 9.17) is 4.74 Å². The van der Waals surface area contributed by atoms with Crippen LogP contribution in [0, 0.1) is 0 Å². The lowest BCUT2D eigenvalue weighted by molar-refractivity contribution is -0.138. The number of alkyl halides is 3. The fraction of sp³-hybridized carbons (Fsp3) is 0.344. The van der Waals surface area contributed by atoms with E-state index in [1.165, 1.54) is 33.9 Å². The molecule has 0 spiro atoms. The Bertz CT molecular complexity index is 1410. The largest absolute Gasteiger partial charge is 0.444 e. The van der Waals surface area contributed by atoms with Crippen LogP contribution in [-0.4, -0.2) is 71.4 Å². The molecule has 1 fully saturated rings. The maximum Gasteiger partial charge on any atom is 0.417 e. The van der Waals surface area contributed by atoms with E-state index in [9.17, 15) is 27.6 Å². The van der Waals surface area contributed by atoms with Crippen LogP contribution in [0.15, 0.2) is 78.9 Å². The molecule has 0 aliphatic carbocycles. The van der Waals surface area contributed by atoms with Gasteiger partial charge in [0.25, 0.3) is 5.91 Å².